The highest BCUT2D eigenvalue weighted by Crippen LogP contribution is 2.32. The van der Waals surface area contributed by atoms with Gasteiger partial charge in [-0.2, -0.15) is 8.78 Å². The Kier molecular flexibility index (Phi) is 7.56. The predicted octanol–water partition coefficient (Wildman–Crippen LogP) is 4.06. The summed E-state index contributed by atoms with van der Waals surface area (Å²) in [5.74, 6) is -0.591. The van der Waals surface area contributed by atoms with Gasteiger partial charge in [0.05, 0.1) is 35.6 Å². The molecule has 0 aliphatic carbocycles. The van der Waals surface area contributed by atoms with Crippen molar-refractivity contribution in [1.29, 1.82) is 0 Å². The number of alkyl halides is 2. The van der Waals surface area contributed by atoms with E-state index in [0.717, 1.165) is 11.3 Å². The Morgan fingerprint density at radius 2 is 1.94 bits per heavy atom. The summed E-state index contributed by atoms with van der Waals surface area (Å²) >= 11 is 7.20. The normalized spacial score (nSPS) is 15.5. The minimum atomic E-state index is -3.00. The fraction of sp³-hybridized carbons (Fsp3) is 0.240. The van der Waals surface area contributed by atoms with Crippen molar-refractivity contribution >= 4 is 35.0 Å². The lowest BCUT2D eigenvalue weighted by atomic mass is 9.96. The largest absolute Gasteiger partial charge is 0.493 e. The van der Waals surface area contributed by atoms with Gasteiger partial charge in [-0.1, -0.05) is 41.1 Å². The van der Waals surface area contributed by atoms with Gasteiger partial charge in [-0.05, 0) is 55.3 Å². The Morgan fingerprint density at radius 3 is 2.58 bits per heavy atom. The quantitative estimate of drug-likeness (QED) is 0.427. The third kappa shape index (κ3) is 5.05. The van der Waals surface area contributed by atoms with E-state index in [1.165, 1.54) is 29.9 Å². The van der Waals surface area contributed by atoms with Crippen molar-refractivity contribution in [1.82, 2.24) is 4.57 Å². The van der Waals surface area contributed by atoms with Gasteiger partial charge < -0.3 is 14.2 Å². The number of hydrogen-bond donors (Lipinski definition) is 0. The van der Waals surface area contributed by atoms with E-state index in [0.29, 0.717) is 31.2 Å². The van der Waals surface area contributed by atoms with E-state index in [2.05, 4.69) is 9.73 Å². The van der Waals surface area contributed by atoms with Crippen LogP contribution in [0, 0.1) is 0 Å². The maximum atomic E-state index is 13.6. The Labute approximate surface area is 213 Å². The van der Waals surface area contributed by atoms with E-state index in [1.807, 2.05) is 0 Å². The maximum absolute atomic E-state index is 13.6. The third-order valence-electron chi connectivity index (χ3n) is 5.40. The number of fused-ring (bicyclic) bond motifs is 1. The van der Waals surface area contributed by atoms with Crippen LogP contribution in [0.25, 0.3) is 6.08 Å². The number of thiazole rings is 1. The zero-order chi connectivity index (χ0) is 26.0. The van der Waals surface area contributed by atoms with Crippen LogP contribution >= 0.6 is 22.9 Å². The third-order valence-corrected chi connectivity index (χ3v) is 6.64. The maximum Gasteiger partial charge on any atom is 0.387 e. The second-order valence-electron chi connectivity index (χ2n) is 7.64. The fourth-order valence-electron chi connectivity index (χ4n) is 3.87. The van der Waals surface area contributed by atoms with E-state index >= 15 is 0 Å². The first-order valence-corrected chi connectivity index (χ1v) is 12.0. The molecule has 2 heterocycles. The van der Waals surface area contributed by atoms with Crippen molar-refractivity contribution in [2.45, 2.75) is 26.5 Å². The molecule has 7 nitrogen and oxygen atoms in total. The van der Waals surface area contributed by atoms with Gasteiger partial charge in [-0.25, -0.2) is 9.79 Å². The summed E-state index contributed by atoms with van der Waals surface area (Å²) in [5, 5.41) is 0.512. The van der Waals surface area contributed by atoms with Crippen molar-refractivity contribution in [2.24, 2.45) is 4.99 Å². The smallest absolute Gasteiger partial charge is 0.387 e. The first kappa shape index (κ1) is 25.6. The van der Waals surface area contributed by atoms with Crippen molar-refractivity contribution in [3.05, 3.63) is 89.6 Å². The summed E-state index contributed by atoms with van der Waals surface area (Å²) in [5.41, 5.74) is 1.52. The number of ether oxygens (including phenoxy) is 3. The molecule has 0 unspecified atom stereocenters. The van der Waals surface area contributed by atoms with E-state index in [4.69, 9.17) is 21.1 Å². The van der Waals surface area contributed by atoms with Gasteiger partial charge in [0.25, 0.3) is 5.56 Å². The van der Waals surface area contributed by atoms with Crippen LogP contribution in [0.15, 0.2) is 63.5 Å². The topological polar surface area (TPSA) is 79.1 Å². The van der Waals surface area contributed by atoms with Gasteiger partial charge in [0.1, 0.15) is 0 Å². The summed E-state index contributed by atoms with van der Waals surface area (Å²) < 4.78 is 42.0. The Hall–Kier alpha value is -3.50. The number of nitrogens with zero attached hydrogens (tertiary/aromatic N) is 2. The monoisotopic (exact) mass is 534 g/mol. The van der Waals surface area contributed by atoms with E-state index in [9.17, 15) is 18.4 Å². The molecule has 1 aliphatic heterocycles. The highest BCUT2D eigenvalue weighted by atomic mass is 35.5. The average molecular weight is 535 g/mol. The van der Waals surface area contributed by atoms with Gasteiger partial charge in [0.15, 0.2) is 16.3 Å². The van der Waals surface area contributed by atoms with E-state index in [1.54, 1.807) is 44.2 Å². The summed E-state index contributed by atoms with van der Waals surface area (Å²) in [6.07, 6.45) is 1.60. The number of aromatic nitrogens is 1. The summed E-state index contributed by atoms with van der Waals surface area (Å²) in [4.78, 5) is 31.4. The van der Waals surface area contributed by atoms with Crippen molar-refractivity contribution < 1.29 is 27.8 Å². The molecule has 0 amide bonds. The first-order chi connectivity index (χ1) is 17.2. The Bertz CT molecular complexity index is 1510. The predicted molar refractivity (Wildman–Crippen MR) is 131 cm³/mol. The molecule has 0 N–H and O–H groups in total. The van der Waals surface area contributed by atoms with Crippen molar-refractivity contribution in [2.75, 3.05) is 13.7 Å². The summed E-state index contributed by atoms with van der Waals surface area (Å²) in [6.45, 7) is 0.559. The zero-order valence-electron chi connectivity index (χ0n) is 19.5. The van der Waals surface area contributed by atoms with Crippen LogP contribution in [-0.2, 0) is 9.53 Å². The SMILES string of the molecule is CCOC(=O)C1=C(C)N=c2s/c(=C/c3ccc(OC(F)F)c(OC)c3)c(=O)n2[C@@H]1c1ccc(Cl)cc1. The number of methoxy groups -OCH3 is 1. The Balaban J connectivity index is 1.88. The van der Waals surface area contributed by atoms with Crippen LogP contribution in [-0.4, -0.2) is 30.9 Å². The van der Waals surface area contributed by atoms with Gasteiger partial charge >= 0.3 is 12.6 Å². The molecule has 1 aromatic heterocycles. The fourth-order valence-corrected chi connectivity index (χ4v) is 5.04. The molecule has 0 saturated carbocycles. The summed E-state index contributed by atoms with van der Waals surface area (Å²) in [6, 6.07) is 10.4. The number of rotatable bonds is 7. The molecule has 1 aliphatic rings. The van der Waals surface area contributed by atoms with Gasteiger partial charge in [0, 0.05) is 5.02 Å². The highest BCUT2D eigenvalue weighted by molar-refractivity contribution is 7.07. The van der Waals surface area contributed by atoms with Gasteiger partial charge in [-0.3, -0.25) is 9.36 Å². The molecule has 36 heavy (non-hydrogen) atoms. The molecule has 0 bridgehead atoms. The number of allylic oxidation sites excluding steroid dienone is 1. The lowest BCUT2D eigenvalue weighted by molar-refractivity contribution is -0.139. The molecule has 2 aromatic carbocycles. The first-order valence-electron chi connectivity index (χ1n) is 10.8. The minimum absolute atomic E-state index is 0.0938. The van der Waals surface area contributed by atoms with Crippen LogP contribution in [0.1, 0.15) is 31.0 Å². The second-order valence-corrected chi connectivity index (χ2v) is 9.09. The van der Waals surface area contributed by atoms with Gasteiger partial charge in [0.2, 0.25) is 0 Å². The van der Waals surface area contributed by atoms with Crippen LogP contribution in [0.4, 0.5) is 8.78 Å². The molecule has 1 atom stereocenters. The van der Waals surface area contributed by atoms with Gasteiger partial charge in [-0.15, -0.1) is 0 Å². The Morgan fingerprint density at radius 1 is 1.22 bits per heavy atom. The van der Waals surface area contributed by atoms with Crippen LogP contribution in [0.3, 0.4) is 0 Å². The summed E-state index contributed by atoms with van der Waals surface area (Å²) in [7, 11) is 1.33. The second kappa shape index (κ2) is 10.6. The van der Waals surface area contributed by atoms with Crippen molar-refractivity contribution in [3.63, 3.8) is 0 Å². The van der Waals surface area contributed by atoms with E-state index < -0.39 is 18.6 Å². The number of carbonyl (C=O) groups is 1. The molecular weight excluding hydrogens is 514 g/mol. The minimum Gasteiger partial charge on any atom is -0.493 e. The number of benzene rings is 2. The molecule has 0 saturated heterocycles. The van der Waals surface area contributed by atoms with Crippen LogP contribution in [0.5, 0.6) is 11.5 Å². The number of carbonyl (C=O) groups excluding carboxylic acids is 1. The van der Waals surface area contributed by atoms with Crippen LogP contribution in [0.2, 0.25) is 5.02 Å². The number of hydrogen-bond acceptors (Lipinski definition) is 7. The average Bonchev–Trinajstić information content (AvgIpc) is 3.13. The number of esters is 1. The van der Waals surface area contributed by atoms with E-state index in [-0.39, 0.29) is 29.2 Å². The molecule has 0 fully saturated rings. The molecule has 4 rings (SSSR count). The lowest BCUT2D eigenvalue weighted by Gasteiger charge is -2.24. The standard InChI is InChI=1S/C25H21ClF2N2O5S/c1-4-34-23(32)20-13(2)29-25-30(21(20)15-6-8-16(26)9-7-15)22(31)19(36-25)12-14-5-10-17(35-24(27)28)18(11-14)33-3/h5-12,21,24H,4H2,1-3H3/b19-12+/t21-/m1/s1. The molecule has 11 heteroatoms. The lowest BCUT2D eigenvalue weighted by Crippen LogP contribution is -2.39. The molecule has 188 valence electrons. The zero-order valence-corrected chi connectivity index (χ0v) is 21.0. The molecule has 0 spiro atoms. The number of halogens is 3. The molecular formula is C25H21ClF2N2O5S. The molecule has 0 radical (unpaired) electrons. The molecule has 3 aromatic rings. The van der Waals surface area contributed by atoms with Crippen molar-refractivity contribution in [3.8, 4) is 11.5 Å². The van der Waals surface area contributed by atoms with Crippen LogP contribution < -0.4 is 24.4 Å². The highest BCUT2D eigenvalue weighted by Gasteiger charge is 2.33.